The fraction of sp³-hybridized carbons (Fsp3) is 0.500. The van der Waals surface area contributed by atoms with Gasteiger partial charge in [0.15, 0.2) is 0 Å². The van der Waals surface area contributed by atoms with Crippen molar-refractivity contribution < 1.29 is 23.4 Å². The molecule has 116 valence electrons. The van der Waals surface area contributed by atoms with Crippen LogP contribution in [0.25, 0.3) is 0 Å². The Labute approximate surface area is 123 Å². The number of benzene rings is 1. The van der Waals surface area contributed by atoms with E-state index in [0.717, 1.165) is 25.3 Å². The molecule has 7 heteroatoms. The van der Waals surface area contributed by atoms with Crippen LogP contribution in [0.4, 0.5) is 0 Å². The highest BCUT2D eigenvalue weighted by Gasteiger charge is 2.31. The number of sulfonamides is 1. The fourth-order valence-corrected chi connectivity index (χ4v) is 3.66. The van der Waals surface area contributed by atoms with E-state index in [2.05, 4.69) is 4.72 Å². The van der Waals surface area contributed by atoms with Crippen molar-refractivity contribution in [3.05, 3.63) is 29.8 Å². The summed E-state index contributed by atoms with van der Waals surface area (Å²) in [5, 5.41) is 19.2. The molecular formula is C14H19NO5S. The quantitative estimate of drug-likeness (QED) is 0.761. The third-order valence-electron chi connectivity index (χ3n) is 3.77. The zero-order valence-electron chi connectivity index (χ0n) is 11.6. The van der Waals surface area contributed by atoms with E-state index in [-0.39, 0.29) is 17.0 Å². The molecule has 1 aromatic carbocycles. The van der Waals surface area contributed by atoms with Crippen LogP contribution in [0.2, 0.25) is 0 Å². The highest BCUT2D eigenvalue weighted by molar-refractivity contribution is 7.89. The molecule has 0 aromatic heterocycles. The van der Waals surface area contributed by atoms with Gasteiger partial charge in [-0.3, -0.25) is 0 Å². The fourth-order valence-electron chi connectivity index (χ4n) is 2.50. The highest BCUT2D eigenvalue weighted by atomic mass is 32.2. The first-order valence-electron chi connectivity index (χ1n) is 6.88. The minimum Gasteiger partial charge on any atom is -0.478 e. The largest absolute Gasteiger partial charge is 0.478 e. The number of carbonyl (C=O) groups is 1. The first kappa shape index (κ1) is 15.9. The van der Waals surface area contributed by atoms with Crippen LogP contribution in [0.3, 0.4) is 0 Å². The van der Waals surface area contributed by atoms with Crippen molar-refractivity contribution in [2.45, 2.75) is 42.6 Å². The van der Waals surface area contributed by atoms with Crippen LogP contribution in [0.15, 0.2) is 29.2 Å². The SMILES string of the molecule is O=C(O)c1cccc(S(=O)(=O)NCC2(O)CCCCC2)c1. The number of rotatable bonds is 5. The molecule has 1 aromatic rings. The molecule has 1 aliphatic rings. The highest BCUT2D eigenvalue weighted by Crippen LogP contribution is 2.27. The molecule has 2 rings (SSSR count). The predicted molar refractivity (Wildman–Crippen MR) is 76.6 cm³/mol. The third kappa shape index (κ3) is 4.03. The average Bonchev–Trinajstić information content (AvgIpc) is 2.46. The van der Waals surface area contributed by atoms with Gasteiger partial charge in [-0.15, -0.1) is 0 Å². The summed E-state index contributed by atoms with van der Waals surface area (Å²) in [6, 6.07) is 5.15. The molecule has 0 spiro atoms. The number of hydrogen-bond donors (Lipinski definition) is 3. The van der Waals surface area contributed by atoms with Crippen LogP contribution in [0.5, 0.6) is 0 Å². The summed E-state index contributed by atoms with van der Waals surface area (Å²) in [6.45, 7) is -0.0490. The van der Waals surface area contributed by atoms with Crippen LogP contribution in [0.1, 0.15) is 42.5 Å². The Morgan fingerprint density at radius 2 is 1.90 bits per heavy atom. The van der Waals surface area contributed by atoms with Gasteiger partial charge in [0.2, 0.25) is 10.0 Å². The molecule has 6 nitrogen and oxygen atoms in total. The predicted octanol–water partition coefficient (Wildman–Crippen LogP) is 1.36. The van der Waals surface area contributed by atoms with Gasteiger partial charge in [-0.05, 0) is 31.0 Å². The Morgan fingerprint density at radius 3 is 2.52 bits per heavy atom. The lowest BCUT2D eigenvalue weighted by Crippen LogP contribution is -2.44. The lowest BCUT2D eigenvalue weighted by molar-refractivity contribution is 0.00945. The molecule has 0 heterocycles. The van der Waals surface area contributed by atoms with Crippen molar-refractivity contribution >= 4 is 16.0 Å². The van der Waals surface area contributed by atoms with E-state index in [4.69, 9.17) is 5.11 Å². The number of aromatic carboxylic acids is 1. The molecule has 0 bridgehead atoms. The van der Waals surface area contributed by atoms with Crippen molar-refractivity contribution in [1.82, 2.24) is 4.72 Å². The summed E-state index contributed by atoms with van der Waals surface area (Å²) in [5.74, 6) is -1.18. The molecule has 0 unspecified atom stereocenters. The lowest BCUT2D eigenvalue weighted by Gasteiger charge is -2.32. The Kier molecular flexibility index (Phi) is 4.65. The molecule has 21 heavy (non-hydrogen) atoms. The molecule has 1 fully saturated rings. The van der Waals surface area contributed by atoms with E-state index >= 15 is 0 Å². The Balaban J connectivity index is 2.11. The van der Waals surface area contributed by atoms with Crippen LogP contribution < -0.4 is 4.72 Å². The van der Waals surface area contributed by atoms with Crippen molar-refractivity contribution in [3.63, 3.8) is 0 Å². The minimum absolute atomic E-state index is 0.0490. The summed E-state index contributed by atoms with van der Waals surface area (Å²) < 4.78 is 26.7. The van der Waals surface area contributed by atoms with E-state index in [1.165, 1.54) is 18.2 Å². The first-order valence-corrected chi connectivity index (χ1v) is 8.36. The maximum atomic E-state index is 12.2. The summed E-state index contributed by atoms with van der Waals surface area (Å²) in [5.41, 5.74) is -1.09. The third-order valence-corrected chi connectivity index (χ3v) is 5.17. The zero-order chi connectivity index (χ0) is 15.5. The average molecular weight is 313 g/mol. The Hall–Kier alpha value is -1.44. The second-order valence-electron chi connectivity index (χ2n) is 5.44. The molecule has 0 atom stereocenters. The normalized spacial score (nSPS) is 18.3. The Bertz CT molecular complexity index is 620. The van der Waals surface area contributed by atoms with Gasteiger partial charge in [-0.2, -0.15) is 0 Å². The zero-order valence-corrected chi connectivity index (χ0v) is 12.4. The standard InChI is InChI=1S/C14H19NO5S/c16-13(17)11-5-4-6-12(9-11)21(19,20)15-10-14(18)7-2-1-3-8-14/h4-6,9,15,18H,1-3,7-8,10H2,(H,16,17). The maximum Gasteiger partial charge on any atom is 0.335 e. The summed E-state index contributed by atoms with van der Waals surface area (Å²) in [4.78, 5) is 10.8. The van der Waals surface area contributed by atoms with Gasteiger partial charge in [-0.1, -0.05) is 25.3 Å². The minimum atomic E-state index is -3.83. The molecule has 0 saturated heterocycles. The van der Waals surface area contributed by atoms with Crippen molar-refractivity contribution in [2.75, 3.05) is 6.54 Å². The van der Waals surface area contributed by atoms with Gasteiger partial charge in [0.1, 0.15) is 0 Å². The Morgan fingerprint density at radius 1 is 1.24 bits per heavy atom. The van der Waals surface area contributed by atoms with Gasteiger partial charge in [0.25, 0.3) is 0 Å². The van der Waals surface area contributed by atoms with Crippen molar-refractivity contribution in [3.8, 4) is 0 Å². The summed E-state index contributed by atoms with van der Waals surface area (Å²) in [6.07, 6.45) is 3.96. The van der Waals surface area contributed by atoms with Gasteiger partial charge in [-0.25, -0.2) is 17.9 Å². The van der Waals surface area contributed by atoms with Gasteiger partial charge < -0.3 is 10.2 Å². The molecule has 3 N–H and O–H groups in total. The van der Waals surface area contributed by atoms with Gasteiger partial charge >= 0.3 is 5.97 Å². The second kappa shape index (κ2) is 6.13. The smallest absolute Gasteiger partial charge is 0.335 e. The van der Waals surface area contributed by atoms with Crippen LogP contribution in [-0.4, -0.2) is 36.7 Å². The monoisotopic (exact) mass is 313 g/mol. The number of nitrogens with one attached hydrogen (secondary N) is 1. The molecule has 0 aliphatic heterocycles. The molecule has 0 radical (unpaired) electrons. The van der Waals surface area contributed by atoms with Gasteiger partial charge in [0.05, 0.1) is 16.1 Å². The van der Waals surface area contributed by atoms with Crippen LogP contribution in [-0.2, 0) is 10.0 Å². The van der Waals surface area contributed by atoms with E-state index in [1.54, 1.807) is 0 Å². The molecular weight excluding hydrogens is 294 g/mol. The van der Waals surface area contributed by atoms with E-state index < -0.39 is 21.6 Å². The molecule has 1 aliphatic carbocycles. The van der Waals surface area contributed by atoms with E-state index in [1.807, 2.05) is 0 Å². The lowest BCUT2D eigenvalue weighted by atomic mass is 9.85. The topological polar surface area (TPSA) is 104 Å². The summed E-state index contributed by atoms with van der Waals surface area (Å²) in [7, 11) is -3.83. The number of aliphatic hydroxyl groups is 1. The summed E-state index contributed by atoms with van der Waals surface area (Å²) >= 11 is 0. The van der Waals surface area contributed by atoms with Crippen molar-refractivity contribution in [1.29, 1.82) is 0 Å². The first-order chi connectivity index (χ1) is 9.82. The van der Waals surface area contributed by atoms with Crippen LogP contribution in [0, 0.1) is 0 Å². The number of carboxylic acid groups (broad SMARTS) is 1. The number of carboxylic acids is 1. The molecule has 1 saturated carbocycles. The van der Waals surface area contributed by atoms with E-state index in [9.17, 15) is 18.3 Å². The second-order valence-corrected chi connectivity index (χ2v) is 7.21. The molecule has 0 amide bonds. The maximum absolute atomic E-state index is 12.2. The van der Waals surface area contributed by atoms with Crippen LogP contribution >= 0.6 is 0 Å². The number of hydrogen-bond acceptors (Lipinski definition) is 4. The van der Waals surface area contributed by atoms with E-state index in [0.29, 0.717) is 12.8 Å². The van der Waals surface area contributed by atoms with Crippen molar-refractivity contribution in [2.24, 2.45) is 0 Å². The van der Waals surface area contributed by atoms with Gasteiger partial charge in [0, 0.05) is 6.54 Å².